The van der Waals surface area contributed by atoms with Gasteiger partial charge < -0.3 is 10.1 Å². The summed E-state index contributed by atoms with van der Waals surface area (Å²) in [6.45, 7) is 2.01. The molecule has 1 aliphatic carbocycles. The Hall–Kier alpha value is -2.63. The van der Waals surface area contributed by atoms with Crippen molar-refractivity contribution in [1.82, 2.24) is 9.97 Å². The van der Waals surface area contributed by atoms with Crippen LogP contribution in [0.15, 0.2) is 24.3 Å². The number of carbonyl (C=O) groups is 2. The summed E-state index contributed by atoms with van der Waals surface area (Å²) in [5, 5.41) is 11.6. The van der Waals surface area contributed by atoms with Gasteiger partial charge in [0.25, 0.3) is 0 Å². The van der Waals surface area contributed by atoms with E-state index >= 15 is 0 Å². The summed E-state index contributed by atoms with van der Waals surface area (Å²) >= 11 is 0. The first-order valence-electron chi connectivity index (χ1n) is 8.18. The van der Waals surface area contributed by atoms with Crippen molar-refractivity contribution in [2.24, 2.45) is 5.41 Å². The average molecular weight is 327 g/mol. The molecule has 0 aliphatic heterocycles. The SMILES string of the molecule is CC1(C(=O)Nc2nc3ccc(/C=C/C(=O)O)cc3[nH]2)CCCCC1. The van der Waals surface area contributed by atoms with Crippen molar-refractivity contribution in [1.29, 1.82) is 0 Å². The van der Waals surface area contributed by atoms with Gasteiger partial charge in [-0.2, -0.15) is 0 Å². The lowest BCUT2D eigenvalue weighted by Crippen LogP contribution is -2.35. The molecule has 0 saturated heterocycles. The number of aromatic nitrogens is 2. The smallest absolute Gasteiger partial charge is 0.328 e. The number of benzene rings is 1. The Kier molecular flexibility index (Phi) is 4.38. The minimum atomic E-state index is -0.992. The highest BCUT2D eigenvalue weighted by Gasteiger charge is 2.34. The van der Waals surface area contributed by atoms with Gasteiger partial charge in [-0.3, -0.25) is 10.1 Å². The molecule has 6 heteroatoms. The number of carboxylic acids is 1. The summed E-state index contributed by atoms with van der Waals surface area (Å²) in [4.78, 5) is 30.6. The van der Waals surface area contributed by atoms with Crippen molar-refractivity contribution in [3.05, 3.63) is 29.8 Å². The fraction of sp³-hybridized carbons (Fsp3) is 0.389. The molecule has 1 heterocycles. The average Bonchev–Trinajstić information content (AvgIpc) is 2.95. The molecule has 1 aliphatic rings. The van der Waals surface area contributed by atoms with Gasteiger partial charge >= 0.3 is 5.97 Å². The Morgan fingerprint density at radius 3 is 2.75 bits per heavy atom. The lowest BCUT2D eigenvalue weighted by Gasteiger charge is -2.31. The minimum absolute atomic E-state index is 0.00672. The number of anilines is 1. The number of amides is 1. The molecule has 3 N–H and O–H groups in total. The first-order chi connectivity index (χ1) is 11.5. The lowest BCUT2D eigenvalue weighted by molar-refractivity contribution is -0.131. The Bertz CT molecular complexity index is 801. The number of nitrogens with one attached hydrogen (secondary N) is 2. The second kappa shape index (κ2) is 6.47. The van der Waals surface area contributed by atoms with Crippen molar-refractivity contribution >= 4 is 34.9 Å². The summed E-state index contributed by atoms with van der Waals surface area (Å²) in [5.74, 6) is -0.554. The van der Waals surface area contributed by atoms with Gasteiger partial charge in [0, 0.05) is 11.5 Å². The zero-order chi connectivity index (χ0) is 17.2. The number of aliphatic carboxylic acids is 1. The normalized spacial score (nSPS) is 17.2. The number of imidazole rings is 1. The number of hydrogen-bond acceptors (Lipinski definition) is 3. The van der Waals surface area contributed by atoms with E-state index in [-0.39, 0.29) is 11.3 Å². The third-order valence-corrected chi connectivity index (χ3v) is 4.66. The number of hydrogen-bond donors (Lipinski definition) is 3. The molecule has 3 rings (SSSR count). The zero-order valence-corrected chi connectivity index (χ0v) is 13.6. The Labute approximate surface area is 140 Å². The molecule has 1 saturated carbocycles. The van der Waals surface area contributed by atoms with Gasteiger partial charge in [0.2, 0.25) is 11.9 Å². The van der Waals surface area contributed by atoms with Gasteiger partial charge in [-0.1, -0.05) is 32.3 Å². The summed E-state index contributed by atoms with van der Waals surface area (Å²) in [6.07, 6.45) is 7.78. The van der Waals surface area contributed by atoms with E-state index < -0.39 is 5.97 Å². The molecule has 1 aromatic heterocycles. The van der Waals surface area contributed by atoms with Crippen LogP contribution in [-0.4, -0.2) is 27.0 Å². The van der Waals surface area contributed by atoms with E-state index in [0.717, 1.165) is 48.4 Å². The zero-order valence-electron chi connectivity index (χ0n) is 13.6. The van der Waals surface area contributed by atoms with Crippen molar-refractivity contribution < 1.29 is 14.7 Å². The van der Waals surface area contributed by atoms with Crippen molar-refractivity contribution in [3.8, 4) is 0 Å². The quantitative estimate of drug-likeness (QED) is 0.748. The van der Waals surface area contributed by atoms with E-state index in [1.54, 1.807) is 18.2 Å². The standard InChI is InChI=1S/C18H21N3O3/c1-18(9-3-2-4-10-18)16(24)21-17-19-13-7-5-12(6-8-15(22)23)11-14(13)20-17/h5-8,11H,2-4,9-10H2,1H3,(H,22,23)(H2,19,20,21,24)/b8-6+. The van der Waals surface area contributed by atoms with Crippen molar-refractivity contribution in [2.45, 2.75) is 39.0 Å². The van der Waals surface area contributed by atoms with E-state index in [9.17, 15) is 9.59 Å². The third kappa shape index (κ3) is 3.48. The van der Waals surface area contributed by atoms with E-state index in [1.165, 1.54) is 12.5 Å². The van der Waals surface area contributed by atoms with Crippen LogP contribution in [0.1, 0.15) is 44.6 Å². The van der Waals surface area contributed by atoms with Gasteiger partial charge in [0.15, 0.2) is 0 Å². The predicted molar refractivity (Wildman–Crippen MR) is 92.6 cm³/mol. The molecule has 0 radical (unpaired) electrons. The molecule has 0 unspecified atom stereocenters. The number of carbonyl (C=O) groups excluding carboxylic acids is 1. The highest BCUT2D eigenvalue weighted by atomic mass is 16.4. The number of nitrogens with zero attached hydrogens (tertiary/aromatic N) is 1. The molecule has 0 spiro atoms. The maximum Gasteiger partial charge on any atom is 0.328 e. The summed E-state index contributed by atoms with van der Waals surface area (Å²) in [6, 6.07) is 5.39. The van der Waals surface area contributed by atoms with Crippen LogP contribution in [0.25, 0.3) is 17.1 Å². The van der Waals surface area contributed by atoms with E-state index in [4.69, 9.17) is 5.11 Å². The van der Waals surface area contributed by atoms with Crippen LogP contribution in [0.5, 0.6) is 0 Å². The van der Waals surface area contributed by atoms with Gasteiger partial charge in [0.1, 0.15) is 0 Å². The van der Waals surface area contributed by atoms with Crippen LogP contribution >= 0.6 is 0 Å². The van der Waals surface area contributed by atoms with Crippen LogP contribution < -0.4 is 5.32 Å². The highest BCUT2D eigenvalue weighted by Crippen LogP contribution is 2.36. The van der Waals surface area contributed by atoms with Crippen LogP contribution in [0.2, 0.25) is 0 Å². The molecule has 0 atom stereocenters. The number of carboxylic acid groups (broad SMARTS) is 1. The lowest BCUT2D eigenvalue weighted by atomic mass is 9.75. The number of fused-ring (bicyclic) bond motifs is 1. The molecular formula is C18H21N3O3. The van der Waals surface area contributed by atoms with Crippen LogP contribution in [0, 0.1) is 5.41 Å². The molecule has 126 valence electrons. The van der Waals surface area contributed by atoms with Crippen LogP contribution in [0.4, 0.5) is 5.95 Å². The summed E-state index contributed by atoms with van der Waals surface area (Å²) in [7, 11) is 0. The van der Waals surface area contributed by atoms with Crippen LogP contribution in [-0.2, 0) is 9.59 Å². The molecule has 1 aromatic carbocycles. The maximum absolute atomic E-state index is 12.6. The van der Waals surface area contributed by atoms with Crippen LogP contribution in [0.3, 0.4) is 0 Å². The topological polar surface area (TPSA) is 95.1 Å². The third-order valence-electron chi connectivity index (χ3n) is 4.66. The first-order valence-corrected chi connectivity index (χ1v) is 8.18. The van der Waals surface area contributed by atoms with E-state index in [0.29, 0.717) is 5.95 Å². The molecule has 1 amide bonds. The minimum Gasteiger partial charge on any atom is -0.478 e. The molecular weight excluding hydrogens is 306 g/mol. The number of H-pyrrole nitrogens is 1. The Morgan fingerprint density at radius 1 is 1.29 bits per heavy atom. The maximum atomic E-state index is 12.6. The van der Waals surface area contributed by atoms with Gasteiger partial charge in [0.05, 0.1) is 11.0 Å². The second-order valence-electron chi connectivity index (χ2n) is 6.61. The largest absolute Gasteiger partial charge is 0.478 e. The molecule has 24 heavy (non-hydrogen) atoms. The summed E-state index contributed by atoms with van der Waals surface area (Å²) in [5.41, 5.74) is 1.91. The Balaban J connectivity index is 1.78. The number of aromatic amines is 1. The monoisotopic (exact) mass is 327 g/mol. The highest BCUT2D eigenvalue weighted by molar-refractivity contribution is 5.95. The number of rotatable bonds is 4. The van der Waals surface area contributed by atoms with Gasteiger partial charge in [-0.05, 0) is 36.6 Å². The fourth-order valence-corrected chi connectivity index (χ4v) is 3.18. The predicted octanol–water partition coefficient (Wildman–Crippen LogP) is 3.57. The Morgan fingerprint density at radius 2 is 2.04 bits per heavy atom. The molecule has 0 bridgehead atoms. The first kappa shape index (κ1) is 16.2. The van der Waals surface area contributed by atoms with Crippen molar-refractivity contribution in [3.63, 3.8) is 0 Å². The fourth-order valence-electron chi connectivity index (χ4n) is 3.18. The second-order valence-corrected chi connectivity index (χ2v) is 6.61. The van der Waals surface area contributed by atoms with E-state index in [1.807, 2.05) is 6.92 Å². The van der Waals surface area contributed by atoms with Gasteiger partial charge in [-0.15, -0.1) is 0 Å². The van der Waals surface area contributed by atoms with Crippen molar-refractivity contribution in [2.75, 3.05) is 5.32 Å². The van der Waals surface area contributed by atoms with Gasteiger partial charge in [-0.25, -0.2) is 9.78 Å². The van der Waals surface area contributed by atoms with E-state index in [2.05, 4.69) is 15.3 Å². The molecule has 6 nitrogen and oxygen atoms in total. The summed E-state index contributed by atoms with van der Waals surface area (Å²) < 4.78 is 0. The molecule has 1 fully saturated rings. The molecule has 2 aromatic rings.